The standard InChI is InChI=1S/C18H20N2O3/c1-4-5-9-12-20-13(2)15(17(21)23-3)16(19-18(20)22)14-10-7-6-8-11-14/h5-8,10-11,16H,1,9,12H2,2-3H3,(H,19,22). The Morgan fingerprint density at radius 1 is 1.43 bits per heavy atom. The second kappa shape index (κ2) is 7.47. The largest absolute Gasteiger partial charge is 0.466 e. The fourth-order valence-electron chi connectivity index (χ4n) is 2.62. The highest BCUT2D eigenvalue weighted by molar-refractivity contribution is 5.94. The summed E-state index contributed by atoms with van der Waals surface area (Å²) >= 11 is 0. The van der Waals surface area contributed by atoms with Crippen LogP contribution in [0.1, 0.15) is 24.9 Å². The van der Waals surface area contributed by atoms with E-state index in [4.69, 9.17) is 4.74 Å². The molecule has 1 atom stereocenters. The van der Waals surface area contributed by atoms with Gasteiger partial charge in [0.15, 0.2) is 0 Å². The summed E-state index contributed by atoms with van der Waals surface area (Å²) in [4.78, 5) is 26.2. The highest BCUT2D eigenvalue weighted by Crippen LogP contribution is 2.31. The number of benzene rings is 1. The Balaban J connectivity index is 2.43. The topological polar surface area (TPSA) is 58.6 Å². The molecule has 0 radical (unpaired) electrons. The van der Waals surface area contributed by atoms with Crippen LogP contribution < -0.4 is 5.32 Å². The fourth-order valence-corrected chi connectivity index (χ4v) is 2.62. The molecule has 1 aliphatic rings. The molecule has 0 saturated carbocycles. The van der Waals surface area contributed by atoms with Crippen LogP contribution in [0.5, 0.6) is 0 Å². The number of nitrogens with zero attached hydrogens (tertiary/aromatic N) is 1. The summed E-state index contributed by atoms with van der Waals surface area (Å²) in [5.41, 5.74) is 4.56. The van der Waals surface area contributed by atoms with Gasteiger partial charge < -0.3 is 10.1 Å². The highest BCUT2D eigenvalue weighted by Gasteiger charge is 2.35. The molecule has 0 saturated heterocycles. The van der Waals surface area contributed by atoms with E-state index in [9.17, 15) is 9.59 Å². The van der Waals surface area contributed by atoms with Crippen molar-refractivity contribution in [3.8, 4) is 0 Å². The van der Waals surface area contributed by atoms with E-state index in [2.05, 4.69) is 17.6 Å². The molecule has 1 aromatic carbocycles. The first kappa shape index (κ1) is 16.6. The molecule has 1 heterocycles. The lowest BCUT2D eigenvalue weighted by atomic mass is 9.95. The first-order valence-electron chi connectivity index (χ1n) is 7.36. The van der Waals surface area contributed by atoms with Crippen LogP contribution >= 0.6 is 0 Å². The predicted octanol–water partition coefficient (Wildman–Crippen LogP) is 2.93. The zero-order chi connectivity index (χ0) is 16.8. The minimum Gasteiger partial charge on any atom is -0.466 e. The molecule has 0 aromatic heterocycles. The van der Waals surface area contributed by atoms with E-state index < -0.39 is 12.0 Å². The van der Waals surface area contributed by atoms with Crippen molar-refractivity contribution in [2.45, 2.75) is 19.4 Å². The van der Waals surface area contributed by atoms with E-state index >= 15 is 0 Å². The van der Waals surface area contributed by atoms with Gasteiger partial charge in [-0.3, -0.25) is 4.90 Å². The van der Waals surface area contributed by atoms with Crippen molar-refractivity contribution in [2.24, 2.45) is 0 Å². The molecular weight excluding hydrogens is 292 g/mol. The van der Waals surface area contributed by atoms with Crippen LogP contribution in [0.25, 0.3) is 0 Å². The molecule has 1 unspecified atom stereocenters. The molecule has 1 aromatic rings. The van der Waals surface area contributed by atoms with Crippen LogP contribution in [0.3, 0.4) is 0 Å². The zero-order valence-corrected chi connectivity index (χ0v) is 13.3. The lowest BCUT2D eigenvalue weighted by molar-refractivity contribution is -0.136. The number of rotatable bonds is 5. The van der Waals surface area contributed by atoms with E-state index in [1.165, 1.54) is 7.11 Å². The highest BCUT2D eigenvalue weighted by atomic mass is 16.5. The van der Waals surface area contributed by atoms with Crippen molar-refractivity contribution in [3.05, 3.63) is 65.6 Å². The lowest BCUT2D eigenvalue weighted by Crippen LogP contribution is -2.48. The third-order valence-electron chi connectivity index (χ3n) is 3.78. The van der Waals surface area contributed by atoms with E-state index in [1.807, 2.05) is 30.3 Å². The van der Waals surface area contributed by atoms with Crippen LogP contribution in [0, 0.1) is 0 Å². The van der Waals surface area contributed by atoms with Gasteiger partial charge in [-0.1, -0.05) is 36.9 Å². The van der Waals surface area contributed by atoms with Gasteiger partial charge in [0.1, 0.15) is 0 Å². The number of carbonyl (C=O) groups is 2. The number of esters is 1. The number of hydrogen-bond acceptors (Lipinski definition) is 3. The summed E-state index contributed by atoms with van der Waals surface area (Å²) < 4.78 is 4.92. The monoisotopic (exact) mass is 312 g/mol. The third-order valence-corrected chi connectivity index (χ3v) is 3.78. The van der Waals surface area contributed by atoms with Gasteiger partial charge in [0.05, 0.1) is 18.7 Å². The third kappa shape index (κ3) is 3.52. The van der Waals surface area contributed by atoms with Crippen LogP contribution in [0.15, 0.2) is 60.0 Å². The van der Waals surface area contributed by atoms with Gasteiger partial charge in [0, 0.05) is 12.2 Å². The molecular formula is C18H20N2O3. The second-order valence-corrected chi connectivity index (χ2v) is 5.13. The summed E-state index contributed by atoms with van der Waals surface area (Å²) in [7, 11) is 1.34. The summed E-state index contributed by atoms with van der Waals surface area (Å²) in [6.45, 7) is 5.71. The maximum absolute atomic E-state index is 12.4. The van der Waals surface area contributed by atoms with Gasteiger partial charge >= 0.3 is 12.0 Å². The van der Waals surface area contributed by atoms with Crippen LogP contribution in [-0.4, -0.2) is 30.6 Å². The smallest absolute Gasteiger partial charge is 0.337 e. The summed E-state index contributed by atoms with van der Waals surface area (Å²) in [5, 5.41) is 2.88. The molecule has 2 rings (SSSR count). The van der Waals surface area contributed by atoms with Gasteiger partial charge in [-0.15, -0.1) is 5.73 Å². The van der Waals surface area contributed by atoms with Gasteiger partial charge in [0.2, 0.25) is 0 Å². The lowest BCUT2D eigenvalue weighted by Gasteiger charge is -2.35. The Morgan fingerprint density at radius 2 is 2.13 bits per heavy atom. The Labute approximate surface area is 135 Å². The molecule has 23 heavy (non-hydrogen) atoms. The van der Waals surface area contributed by atoms with Crippen molar-refractivity contribution in [3.63, 3.8) is 0 Å². The number of urea groups is 1. The van der Waals surface area contributed by atoms with Gasteiger partial charge in [-0.05, 0) is 25.0 Å². The van der Waals surface area contributed by atoms with E-state index in [-0.39, 0.29) is 6.03 Å². The quantitative estimate of drug-likeness (QED) is 0.672. The Hall–Kier alpha value is -2.78. The number of amides is 2. The summed E-state index contributed by atoms with van der Waals surface area (Å²) in [5.74, 6) is -0.444. The number of nitrogens with one attached hydrogen (secondary N) is 1. The Kier molecular flexibility index (Phi) is 5.39. The number of methoxy groups -OCH3 is 1. The predicted molar refractivity (Wildman–Crippen MR) is 87.5 cm³/mol. The number of hydrogen-bond donors (Lipinski definition) is 1. The zero-order valence-electron chi connectivity index (χ0n) is 13.3. The maximum atomic E-state index is 12.4. The van der Waals surface area contributed by atoms with E-state index in [0.717, 1.165) is 5.56 Å². The van der Waals surface area contributed by atoms with Gasteiger partial charge in [-0.25, -0.2) is 9.59 Å². The first-order valence-corrected chi connectivity index (χ1v) is 7.36. The minimum atomic E-state index is -0.512. The first-order chi connectivity index (χ1) is 11.1. The maximum Gasteiger partial charge on any atom is 0.337 e. The molecule has 120 valence electrons. The van der Waals surface area contributed by atoms with Crippen molar-refractivity contribution in [1.29, 1.82) is 0 Å². The summed E-state index contributed by atoms with van der Waals surface area (Å²) in [6, 6.07) is 8.62. The molecule has 5 nitrogen and oxygen atoms in total. The van der Waals surface area contributed by atoms with Crippen LogP contribution in [-0.2, 0) is 9.53 Å². The molecule has 0 spiro atoms. The molecule has 1 N–H and O–H groups in total. The van der Waals surface area contributed by atoms with E-state index in [1.54, 1.807) is 17.9 Å². The Morgan fingerprint density at radius 3 is 2.74 bits per heavy atom. The van der Waals surface area contributed by atoms with Gasteiger partial charge in [-0.2, -0.15) is 0 Å². The summed E-state index contributed by atoms with van der Waals surface area (Å²) in [6.07, 6.45) is 2.36. The number of ether oxygens (including phenoxy) is 1. The van der Waals surface area contributed by atoms with Crippen molar-refractivity contribution < 1.29 is 14.3 Å². The molecule has 0 aliphatic carbocycles. The molecule has 2 amide bonds. The molecule has 5 heteroatoms. The van der Waals surface area contributed by atoms with Crippen molar-refractivity contribution in [2.75, 3.05) is 13.7 Å². The Bertz CT molecular complexity index is 673. The normalized spacial score (nSPS) is 17.4. The number of allylic oxidation sites excluding steroid dienone is 1. The molecule has 0 bridgehead atoms. The van der Waals surface area contributed by atoms with Crippen molar-refractivity contribution >= 4 is 12.0 Å². The average Bonchev–Trinajstić information content (AvgIpc) is 2.57. The van der Waals surface area contributed by atoms with Crippen LogP contribution in [0.2, 0.25) is 0 Å². The fraction of sp³-hybridized carbons (Fsp3) is 0.278. The second-order valence-electron chi connectivity index (χ2n) is 5.13. The van der Waals surface area contributed by atoms with Crippen LogP contribution in [0.4, 0.5) is 4.79 Å². The number of carbonyl (C=O) groups excluding carboxylic acids is 2. The SMILES string of the molecule is C=C=CCCN1C(=O)NC(c2ccccc2)C(C(=O)OC)=C1C. The van der Waals surface area contributed by atoms with E-state index in [0.29, 0.717) is 24.2 Å². The van der Waals surface area contributed by atoms with Gasteiger partial charge in [0.25, 0.3) is 0 Å². The molecule has 1 aliphatic heterocycles. The van der Waals surface area contributed by atoms with Crippen molar-refractivity contribution in [1.82, 2.24) is 10.2 Å². The average molecular weight is 312 g/mol. The molecule has 0 fully saturated rings. The minimum absolute atomic E-state index is 0.235.